The van der Waals surface area contributed by atoms with Crippen molar-refractivity contribution in [3.05, 3.63) is 0 Å². The van der Waals surface area contributed by atoms with Crippen LogP contribution in [0.25, 0.3) is 0 Å². The third-order valence-electron chi connectivity index (χ3n) is 2.69. The van der Waals surface area contributed by atoms with Gasteiger partial charge in [0, 0.05) is 19.5 Å². The Hall–Kier alpha value is -1.63. The normalized spacial score (nSPS) is 11.8. The van der Waals surface area contributed by atoms with Crippen molar-refractivity contribution in [1.29, 1.82) is 0 Å². The molecule has 0 aromatic heterocycles. The van der Waals surface area contributed by atoms with Gasteiger partial charge in [0.05, 0.1) is 12.6 Å². The Bertz CT molecular complexity index is 332. The molecular weight excluding hydrogens is 260 g/mol. The van der Waals surface area contributed by atoms with E-state index in [0.29, 0.717) is 6.54 Å². The van der Waals surface area contributed by atoms with E-state index < -0.39 is 6.04 Å². The lowest BCUT2D eigenvalue weighted by molar-refractivity contribution is -0.127. The Morgan fingerprint density at radius 1 is 1.00 bits per heavy atom. The SMILES string of the molecule is CCCNC(=O)CCNC(=O)CNC(=O)[C@@H](N)C(C)C. The summed E-state index contributed by atoms with van der Waals surface area (Å²) in [7, 11) is 0. The Morgan fingerprint density at radius 2 is 1.60 bits per heavy atom. The quantitative estimate of drug-likeness (QED) is 0.441. The van der Waals surface area contributed by atoms with Crippen LogP contribution in [0, 0.1) is 5.92 Å². The second-order valence-electron chi connectivity index (χ2n) is 4.94. The highest BCUT2D eigenvalue weighted by Gasteiger charge is 2.17. The van der Waals surface area contributed by atoms with Gasteiger partial charge in [-0.2, -0.15) is 0 Å². The predicted molar refractivity (Wildman–Crippen MR) is 76.8 cm³/mol. The standard InChI is InChI=1S/C13H26N4O3/c1-4-6-15-10(18)5-7-16-11(19)8-17-13(20)12(14)9(2)3/h9,12H,4-8,14H2,1-3H3,(H,15,18)(H,16,19)(H,17,20)/t12-/m0/s1. The second kappa shape index (κ2) is 10.2. The van der Waals surface area contributed by atoms with Gasteiger partial charge < -0.3 is 21.7 Å². The van der Waals surface area contributed by atoms with E-state index in [0.717, 1.165) is 6.42 Å². The van der Waals surface area contributed by atoms with E-state index >= 15 is 0 Å². The van der Waals surface area contributed by atoms with E-state index in [1.165, 1.54) is 0 Å². The molecule has 0 aliphatic rings. The van der Waals surface area contributed by atoms with Gasteiger partial charge in [-0.15, -0.1) is 0 Å². The molecule has 0 aromatic carbocycles. The summed E-state index contributed by atoms with van der Waals surface area (Å²) >= 11 is 0. The van der Waals surface area contributed by atoms with Crippen molar-refractivity contribution in [1.82, 2.24) is 16.0 Å². The van der Waals surface area contributed by atoms with Crippen LogP contribution < -0.4 is 21.7 Å². The molecule has 0 fully saturated rings. The van der Waals surface area contributed by atoms with Gasteiger partial charge in [-0.05, 0) is 12.3 Å². The molecular formula is C13H26N4O3. The minimum absolute atomic E-state index is 0.0142. The van der Waals surface area contributed by atoms with Gasteiger partial charge in [0.2, 0.25) is 17.7 Å². The molecule has 0 aliphatic heterocycles. The van der Waals surface area contributed by atoms with Crippen LogP contribution in [0.1, 0.15) is 33.6 Å². The number of carbonyl (C=O) groups is 3. The van der Waals surface area contributed by atoms with E-state index in [9.17, 15) is 14.4 Å². The Labute approximate surface area is 120 Å². The molecule has 0 bridgehead atoms. The fourth-order valence-electron chi connectivity index (χ4n) is 1.32. The first-order valence-electron chi connectivity index (χ1n) is 6.95. The van der Waals surface area contributed by atoms with Crippen molar-refractivity contribution >= 4 is 17.7 Å². The Balaban J connectivity index is 3.74. The molecule has 7 heteroatoms. The van der Waals surface area contributed by atoms with Crippen LogP contribution >= 0.6 is 0 Å². The third kappa shape index (κ3) is 8.47. The summed E-state index contributed by atoms with van der Waals surface area (Å²) in [5, 5.41) is 7.72. The molecule has 0 radical (unpaired) electrons. The van der Waals surface area contributed by atoms with Crippen molar-refractivity contribution < 1.29 is 14.4 Å². The van der Waals surface area contributed by atoms with E-state index in [4.69, 9.17) is 5.73 Å². The maximum Gasteiger partial charge on any atom is 0.239 e. The fourth-order valence-corrected chi connectivity index (χ4v) is 1.32. The number of nitrogens with one attached hydrogen (secondary N) is 3. The maximum absolute atomic E-state index is 11.5. The number of nitrogens with two attached hydrogens (primary N) is 1. The zero-order valence-corrected chi connectivity index (χ0v) is 12.5. The first-order chi connectivity index (χ1) is 9.38. The number of rotatable bonds is 9. The summed E-state index contributed by atoms with van der Waals surface area (Å²) in [5.74, 6) is -0.772. The van der Waals surface area contributed by atoms with Gasteiger partial charge in [0.15, 0.2) is 0 Å². The molecule has 5 N–H and O–H groups in total. The minimum Gasteiger partial charge on any atom is -0.356 e. The third-order valence-corrected chi connectivity index (χ3v) is 2.69. The molecule has 0 saturated heterocycles. The monoisotopic (exact) mass is 286 g/mol. The van der Waals surface area contributed by atoms with Crippen LogP contribution in [0.2, 0.25) is 0 Å². The van der Waals surface area contributed by atoms with Crippen molar-refractivity contribution in [3.8, 4) is 0 Å². The van der Waals surface area contributed by atoms with Crippen molar-refractivity contribution in [2.75, 3.05) is 19.6 Å². The summed E-state index contributed by atoms with van der Waals surface area (Å²) in [6.45, 7) is 6.39. The van der Waals surface area contributed by atoms with Crippen molar-refractivity contribution in [2.45, 2.75) is 39.7 Å². The van der Waals surface area contributed by atoms with Gasteiger partial charge in [0.25, 0.3) is 0 Å². The average molecular weight is 286 g/mol. The zero-order valence-electron chi connectivity index (χ0n) is 12.5. The molecule has 0 aromatic rings. The number of hydrogen-bond donors (Lipinski definition) is 4. The van der Waals surface area contributed by atoms with Crippen LogP contribution in [-0.4, -0.2) is 43.4 Å². The summed E-state index contributed by atoms with van der Waals surface area (Å²) in [5.41, 5.74) is 5.64. The Morgan fingerprint density at radius 3 is 2.15 bits per heavy atom. The van der Waals surface area contributed by atoms with E-state index in [1.807, 2.05) is 20.8 Å². The smallest absolute Gasteiger partial charge is 0.239 e. The molecule has 20 heavy (non-hydrogen) atoms. The fraction of sp³-hybridized carbons (Fsp3) is 0.769. The van der Waals surface area contributed by atoms with Gasteiger partial charge in [0.1, 0.15) is 0 Å². The highest BCUT2D eigenvalue weighted by Crippen LogP contribution is 1.97. The van der Waals surface area contributed by atoms with E-state index in [2.05, 4.69) is 16.0 Å². The highest BCUT2D eigenvalue weighted by molar-refractivity contribution is 5.87. The first-order valence-corrected chi connectivity index (χ1v) is 6.95. The van der Waals surface area contributed by atoms with Gasteiger partial charge in [-0.1, -0.05) is 20.8 Å². The van der Waals surface area contributed by atoms with Crippen LogP contribution in [0.15, 0.2) is 0 Å². The summed E-state index contributed by atoms with van der Waals surface area (Å²) in [6, 6.07) is -0.623. The van der Waals surface area contributed by atoms with Gasteiger partial charge in [-0.25, -0.2) is 0 Å². The largest absolute Gasteiger partial charge is 0.356 e. The lowest BCUT2D eigenvalue weighted by atomic mass is 10.1. The molecule has 0 unspecified atom stereocenters. The average Bonchev–Trinajstić information content (AvgIpc) is 2.41. The molecule has 3 amide bonds. The van der Waals surface area contributed by atoms with Crippen molar-refractivity contribution in [3.63, 3.8) is 0 Å². The van der Waals surface area contributed by atoms with Crippen LogP contribution in [0.4, 0.5) is 0 Å². The molecule has 0 aliphatic carbocycles. The maximum atomic E-state index is 11.5. The van der Waals surface area contributed by atoms with Crippen LogP contribution in [-0.2, 0) is 14.4 Å². The van der Waals surface area contributed by atoms with Crippen LogP contribution in [0.5, 0.6) is 0 Å². The first kappa shape index (κ1) is 18.4. The summed E-state index contributed by atoms with van der Waals surface area (Å²) in [6.07, 6.45) is 1.10. The van der Waals surface area contributed by atoms with E-state index in [-0.39, 0.29) is 43.1 Å². The topological polar surface area (TPSA) is 113 Å². The van der Waals surface area contributed by atoms with Gasteiger partial charge in [-0.3, -0.25) is 14.4 Å². The molecule has 116 valence electrons. The minimum atomic E-state index is -0.623. The second-order valence-corrected chi connectivity index (χ2v) is 4.94. The lowest BCUT2D eigenvalue weighted by Gasteiger charge is -2.15. The predicted octanol–water partition coefficient (Wildman–Crippen LogP) is -0.882. The molecule has 0 spiro atoms. The number of amides is 3. The highest BCUT2D eigenvalue weighted by atomic mass is 16.2. The summed E-state index contributed by atoms with van der Waals surface area (Å²) < 4.78 is 0. The van der Waals surface area contributed by atoms with E-state index in [1.54, 1.807) is 0 Å². The molecule has 7 nitrogen and oxygen atoms in total. The van der Waals surface area contributed by atoms with Gasteiger partial charge >= 0.3 is 0 Å². The lowest BCUT2D eigenvalue weighted by Crippen LogP contribution is -2.47. The van der Waals surface area contributed by atoms with Crippen LogP contribution in [0.3, 0.4) is 0 Å². The molecule has 1 atom stereocenters. The Kier molecular flexibility index (Phi) is 9.36. The van der Waals surface area contributed by atoms with Crippen molar-refractivity contribution in [2.24, 2.45) is 11.7 Å². The number of hydrogen-bond acceptors (Lipinski definition) is 4. The summed E-state index contributed by atoms with van der Waals surface area (Å²) in [4.78, 5) is 34.2. The number of carbonyl (C=O) groups excluding carboxylic acids is 3. The zero-order chi connectivity index (χ0) is 15.5. The molecule has 0 rings (SSSR count). The molecule has 0 heterocycles. The molecule has 0 saturated carbocycles.